The van der Waals surface area contributed by atoms with Crippen LogP contribution in [0.5, 0.6) is 11.6 Å². The SMILES string of the molecule is COc1ccc2nn(CC(=O)c3cc(N4CCOCC4)c(OC)c(C(C)(C)C)c3)c(=N)n2n1. The second-order valence-corrected chi connectivity index (χ2v) is 8.98. The second kappa shape index (κ2) is 8.86. The van der Waals surface area contributed by atoms with Crippen LogP contribution in [-0.4, -0.2) is 65.7 Å². The lowest BCUT2D eigenvalue weighted by Crippen LogP contribution is -2.37. The lowest BCUT2D eigenvalue weighted by atomic mass is 9.84. The number of hydrogen-bond acceptors (Lipinski definition) is 8. The average Bonchev–Trinajstić information content (AvgIpc) is 3.12. The summed E-state index contributed by atoms with van der Waals surface area (Å²) in [7, 11) is 3.17. The largest absolute Gasteiger partial charge is 0.494 e. The fourth-order valence-electron chi connectivity index (χ4n) is 3.94. The topological polar surface area (TPSA) is 107 Å². The van der Waals surface area contributed by atoms with Gasteiger partial charge in [-0.25, -0.2) is 4.68 Å². The van der Waals surface area contributed by atoms with E-state index < -0.39 is 0 Å². The summed E-state index contributed by atoms with van der Waals surface area (Å²) in [5, 5.41) is 17.0. The summed E-state index contributed by atoms with van der Waals surface area (Å²) in [4.78, 5) is 15.6. The van der Waals surface area contributed by atoms with Crippen LogP contribution >= 0.6 is 0 Å². The Balaban J connectivity index is 1.75. The molecular weight excluding hydrogens is 424 g/mol. The van der Waals surface area contributed by atoms with Gasteiger partial charge in [0.1, 0.15) is 12.3 Å². The van der Waals surface area contributed by atoms with Crippen LogP contribution in [0.15, 0.2) is 24.3 Å². The molecule has 0 aliphatic carbocycles. The Morgan fingerprint density at radius 1 is 1.12 bits per heavy atom. The van der Waals surface area contributed by atoms with Gasteiger partial charge in [-0.3, -0.25) is 10.2 Å². The minimum absolute atomic E-state index is 0.00444. The van der Waals surface area contributed by atoms with Gasteiger partial charge >= 0.3 is 0 Å². The van der Waals surface area contributed by atoms with Crippen LogP contribution in [0.4, 0.5) is 5.69 Å². The van der Waals surface area contributed by atoms with E-state index >= 15 is 0 Å². The van der Waals surface area contributed by atoms with Crippen LogP contribution in [-0.2, 0) is 16.7 Å². The van der Waals surface area contributed by atoms with Gasteiger partial charge in [-0.15, -0.1) is 10.2 Å². The van der Waals surface area contributed by atoms with Gasteiger partial charge in [-0.1, -0.05) is 20.8 Å². The van der Waals surface area contributed by atoms with E-state index in [2.05, 4.69) is 35.9 Å². The van der Waals surface area contributed by atoms with Crippen molar-refractivity contribution in [1.29, 1.82) is 5.41 Å². The van der Waals surface area contributed by atoms with Crippen molar-refractivity contribution >= 4 is 17.1 Å². The van der Waals surface area contributed by atoms with E-state index in [0.29, 0.717) is 30.3 Å². The Labute approximate surface area is 192 Å². The number of nitrogens with one attached hydrogen (secondary N) is 1. The van der Waals surface area contributed by atoms with Gasteiger partial charge in [0.05, 0.1) is 33.1 Å². The zero-order valence-electron chi connectivity index (χ0n) is 19.7. The summed E-state index contributed by atoms with van der Waals surface area (Å²) in [6.07, 6.45) is 0. The summed E-state index contributed by atoms with van der Waals surface area (Å²) >= 11 is 0. The van der Waals surface area contributed by atoms with Gasteiger partial charge in [0.25, 0.3) is 0 Å². The molecule has 10 nitrogen and oxygen atoms in total. The standard InChI is InChI=1S/C23H30N6O4/c1-23(2,3)16-12-15(13-17(21(16)32-5)27-8-10-33-11-9-27)18(30)14-28-22(24)29-19(25-28)6-7-20(26-29)31-4/h6-7,12-13,24H,8-11,14H2,1-5H3. The number of rotatable bonds is 6. The molecule has 1 aliphatic rings. The Bertz CT molecular complexity index is 1230. The normalized spacial score (nSPS) is 14.5. The molecule has 0 amide bonds. The second-order valence-electron chi connectivity index (χ2n) is 8.98. The first-order chi connectivity index (χ1) is 15.7. The summed E-state index contributed by atoms with van der Waals surface area (Å²) in [6, 6.07) is 7.14. The maximum absolute atomic E-state index is 13.4. The smallest absolute Gasteiger partial charge is 0.242 e. The quantitative estimate of drug-likeness (QED) is 0.568. The Kier molecular flexibility index (Phi) is 6.11. The number of aromatic nitrogens is 4. The molecule has 176 valence electrons. The van der Waals surface area contributed by atoms with Gasteiger partial charge in [-0.2, -0.15) is 4.52 Å². The van der Waals surface area contributed by atoms with E-state index in [-0.39, 0.29) is 23.4 Å². The number of benzene rings is 1. The molecule has 4 rings (SSSR count). The molecular formula is C23H30N6O4. The molecule has 1 fully saturated rings. The zero-order valence-corrected chi connectivity index (χ0v) is 19.7. The molecule has 0 radical (unpaired) electrons. The lowest BCUT2D eigenvalue weighted by Gasteiger charge is -2.33. The predicted molar refractivity (Wildman–Crippen MR) is 122 cm³/mol. The number of fused-ring (bicyclic) bond motifs is 1. The number of carbonyl (C=O) groups excluding carboxylic acids is 1. The van der Waals surface area contributed by atoms with Crippen molar-refractivity contribution in [3.05, 3.63) is 41.0 Å². The highest BCUT2D eigenvalue weighted by molar-refractivity contribution is 5.97. The third kappa shape index (κ3) is 4.43. The lowest BCUT2D eigenvalue weighted by molar-refractivity contribution is 0.0965. The molecule has 0 bridgehead atoms. The fourth-order valence-corrected chi connectivity index (χ4v) is 3.94. The first-order valence-corrected chi connectivity index (χ1v) is 10.9. The summed E-state index contributed by atoms with van der Waals surface area (Å²) < 4.78 is 19.2. The summed E-state index contributed by atoms with van der Waals surface area (Å²) in [6.45, 7) is 8.92. The molecule has 0 atom stereocenters. The van der Waals surface area contributed by atoms with Crippen molar-refractivity contribution < 1.29 is 19.0 Å². The van der Waals surface area contributed by atoms with Crippen molar-refractivity contribution in [1.82, 2.24) is 19.4 Å². The van der Waals surface area contributed by atoms with E-state index in [4.69, 9.17) is 19.6 Å². The van der Waals surface area contributed by atoms with Crippen LogP contribution in [0.1, 0.15) is 36.7 Å². The molecule has 1 N–H and O–H groups in total. The van der Waals surface area contributed by atoms with E-state index in [1.165, 1.54) is 16.3 Å². The van der Waals surface area contributed by atoms with Crippen LogP contribution in [0.3, 0.4) is 0 Å². The fraction of sp³-hybridized carbons (Fsp3) is 0.478. The molecule has 0 spiro atoms. The van der Waals surface area contributed by atoms with Crippen LogP contribution in [0.25, 0.3) is 5.65 Å². The van der Waals surface area contributed by atoms with Crippen molar-refractivity contribution in [3.8, 4) is 11.6 Å². The maximum atomic E-state index is 13.4. The average molecular weight is 455 g/mol. The number of hydrogen-bond donors (Lipinski definition) is 1. The maximum Gasteiger partial charge on any atom is 0.242 e. The minimum atomic E-state index is -0.236. The third-order valence-corrected chi connectivity index (χ3v) is 5.72. The van der Waals surface area contributed by atoms with Crippen LogP contribution in [0.2, 0.25) is 0 Å². The van der Waals surface area contributed by atoms with E-state index in [0.717, 1.165) is 30.1 Å². The molecule has 0 saturated carbocycles. The highest BCUT2D eigenvalue weighted by atomic mass is 16.5. The highest BCUT2D eigenvalue weighted by Crippen LogP contribution is 2.40. The van der Waals surface area contributed by atoms with Crippen LogP contribution < -0.4 is 20.0 Å². The number of anilines is 1. The summed E-state index contributed by atoms with van der Waals surface area (Å²) in [5.41, 5.74) is 2.61. The minimum Gasteiger partial charge on any atom is -0.494 e. The third-order valence-electron chi connectivity index (χ3n) is 5.72. The van der Waals surface area contributed by atoms with Gasteiger partial charge in [0.2, 0.25) is 11.5 Å². The monoisotopic (exact) mass is 454 g/mol. The number of ether oxygens (including phenoxy) is 3. The number of nitrogens with zero attached hydrogens (tertiary/aromatic N) is 5. The number of Topliss-reactive ketones (excluding diaryl/α,β-unsaturated/α-hetero) is 1. The van der Waals surface area contributed by atoms with E-state index in [1.807, 2.05) is 12.1 Å². The van der Waals surface area contributed by atoms with Gasteiger partial charge < -0.3 is 19.1 Å². The number of methoxy groups -OCH3 is 2. The Morgan fingerprint density at radius 2 is 1.85 bits per heavy atom. The molecule has 3 aromatic rings. The van der Waals surface area contributed by atoms with Gasteiger partial charge in [-0.05, 0) is 23.6 Å². The molecule has 0 unspecified atom stereocenters. The number of morpholine rings is 1. The molecule has 1 aliphatic heterocycles. The molecule has 3 heterocycles. The Morgan fingerprint density at radius 3 is 2.48 bits per heavy atom. The van der Waals surface area contributed by atoms with Gasteiger partial charge in [0, 0.05) is 30.3 Å². The van der Waals surface area contributed by atoms with Gasteiger partial charge in [0.15, 0.2) is 11.4 Å². The first kappa shape index (κ1) is 22.8. The molecule has 1 saturated heterocycles. The van der Waals surface area contributed by atoms with Crippen LogP contribution in [0, 0.1) is 5.41 Å². The van der Waals surface area contributed by atoms with E-state index in [9.17, 15) is 4.79 Å². The first-order valence-electron chi connectivity index (χ1n) is 10.9. The molecule has 2 aromatic heterocycles. The zero-order chi connectivity index (χ0) is 23.8. The number of carbonyl (C=O) groups is 1. The van der Waals surface area contributed by atoms with Crippen molar-refractivity contribution in [2.75, 3.05) is 45.4 Å². The predicted octanol–water partition coefficient (Wildman–Crippen LogP) is 2.04. The van der Waals surface area contributed by atoms with E-state index in [1.54, 1.807) is 19.2 Å². The number of ketones is 1. The summed E-state index contributed by atoms with van der Waals surface area (Å²) in [5.74, 6) is 0.998. The van der Waals surface area contributed by atoms with Crippen molar-refractivity contribution in [3.63, 3.8) is 0 Å². The Hall–Kier alpha value is -3.40. The molecule has 33 heavy (non-hydrogen) atoms. The highest BCUT2D eigenvalue weighted by Gasteiger charge is 2.27. The van der Waals surface area contributed by atoms with Crippen molar-refractivity contribution in [2.24, 2.45) is 0 Å². The van der Waals surface area contributed by atoms with Crippen molar-refractivity contribution in [2.45, 2.75) is 32.7 Å². The molecule has 10 heteroatoms. The molecule has 1 aromatic carbocycles.